The van der Waals surface area contributed by atoms with E-state index in [0.717, 1.165) is 4.90 Å². The molecule has 1 aliphatic rings. The number of carbonyl (C=O) groups excluding carboxylic acids is 3. The Balaban J connectivity index is 1.66. The summed E-state index contributed by atoms with van der Waals surface area (Å²) in [4.78, 5) is 36.7. The Hall–Kier alpha value is -3.12. The van der Waals surface area contributed by atoms with Crippen molar-refractivity contribution in [3.8, 4) is 0 Å². The van der Waals surface area contributed by atoms with Gasteiger partial charge in [0, 0.05) is 31.5 Å². The van der Waals surface area contributed by atoms with E-state index in [9.17, 15) is 22.8 Å². The molecule has 0 radical (unpaired) electrons. The number of nitrogens with one attached hydrogen (secondary N) is 1. The lowest BCUT2D eigenvalue weighted by atomic mass is 10.2. The van der Waals surface area contributed by atoms with Crippen molar-refractivity contribution < 1.29 is 27.2 Å². The summed E-state index contributed by atoms with van der Waals surface area (Å²) in [6.07, 6.45) is 0.299. The van der Waals surface area contributed by atoms with Gasteiger partial charge < -0.3 is 4.42 Å². The van der Waals surface area contributed by atoms with E-state index in [2.05, 4.69) is 15.5 Å². The Morgan fingerprint density at radius 1 is 1.10 bits per heavy atom. The molecule has 12 heteroatoms. The lowest BCUT2D eigenvalue weighted by Crippen LogP contribution is -2.30. The number of nitrogens with zero attached hydrogens (tertiary/aromatic N) is 4. The second-order valence-electron chi connectivity index (χ2n) is 6.44. The van der Waals surface area contributed by atoms with Crippen molar-refractivity contribution in [3.05, 3.63) is 35.7 Å². The van der Waals surface area contributed by atoms with Crippen LogP contribution in [0.15, 0.2) is 33.6 Å². The second kappa shape index (κ2) is 8.71. The lowest BCUT2D eigenvalue weighted by molar-refractivity contribution is -0.139. The van der Waals surface area contributed by atoms with Gasteiger partial charge in [-0.25, -0.2) is 8.42 Å². The highest BCUT2D eigenvalue weighted by Crippen LogP contribution is 2.18. The van der Waals surface area contributed by atoms with Crippen LogP contribution in [-0.2, 0) is 26.2 Å². The highest BCUT2D eigenvalue weighted by Gasteiger charge is 2.30. The molecule has 1 aliphatic heterocycles. The van der Waals surface area contributed by atoms with Gasteiger partial charge in [0.05, 0.1) is 4.90 Å². The average molecular weight is 435 g/mol. The van der Waals surface area contributed by atoms with Gasteiger partial charge in [-0.15, -0.1) is 5.10 Å². The minimum atomic E-state index is -3.62. The van der Waals surface area contributed by atoms with Crippen LogP contribution in [0.4, 0.5) is 6.01 Å². The van der Waals surface area contributed by atoms with Crippen molar-refractivity contribution in [2.75, 3.05) is 18.4 Å². The van der Waals surface area contributed by atoms with Gasteiger partial charge in [-0.2, -0.15) is 4.31 Å². The molecule has 11 nitrogen and oxygen atoms in total. The lowest BCUT2D eigenvalue weighted by Gasteiger charge is -2.18. The number of sulfonamides is 1. The summed E-state index contributed by atoms with van der Waals surface area (Å²) in [5.41, 5.74) is 0.193. The van der Waals surface area contributed by atoms with E-state index >= 15 is 0 Å². The molecule has 160 valence electrons. The predicted octanol–water partition coefficient (Wildman–Crippen LogP) is 1.00. The van der Waals surface area contributed by atoms with E-state index < -0.39 is 15.9 Å². The van der Waals surface area contributed by atoms with E-state index in [4.69, 9.17) is 4.42 Å². The Bertz CT molecular complexity index is 1040. The maximum absolute atomic E-state index is 12.5. The van der Waals surface area contributed by atoms with Crippen molar-refractivity contribution >= 4 is 33.8 Å². The van der Waals surface area contributed by atoms with Crippen molar-refractivity contribution in [2.24, 2.45) is 0 Å². The van der Waals surface area contributed by atoms with Crippen LogP contribution in [0.5, 0.6) is 0 Å². The molecule has 3 rings (SSSR count). The Labute approximate surface area is 173 Å². The number of hydrogen-bond acceptors (Lipinski definition) is 8. The standard InChI is InChI=1S/C18H21N5O6S/c1-3-22(4-2)30(27,28)13-7-5-12(6-8-13)17(26)19-18-21-20-14(29-18)11-23-15(24)9-10-16(23)25/h5-8H,3-4,9-11H2,1-2H3,(H,19,21,26). The van der Waals surface area contributed by atoms with Crippen LogP contribution in [0.2, 0.25) is 0 Å². The number of anilines is 1. The van der Waals surface area contributed by atoms with E-state index in [1.54, 1.807) is 13.8 Å². The maximum Gasteiger partial charge on any atom is 0.322 e. The van der Waals surface area contributed by atoms with Gasteiger partial charge in [0.25, 0.3) is 5.91 Å². The number of carbonyl (C=O) groups is 3. The summed E-state index contributed by atoms with van der Waals surface area (Å²) in [7, 11) is -3.62. The van der Waals surface area contributed by atoms with E-state index in [-0.39, 0.29) is 53.6 Å². The van der Waals surface area contributed by atoms with E-state index in [1.807, 2.05) is 0 Å². The summed E-state index contributed by atoms with van der Waals surface area (Å²) in [5.74, 6) is -1.20. The normalized spacial score (nSPS) is 14.6. The molecular weight excluding hydrogens is 414 g/mol. The molecule has 1 aromatic carbocycles. The Morgan fingerprint density at radius 2 is 1.70 bits per heavy atom. The molecule has 1 aromatic heterocycles. The first-order chi connectivity index (χ1) is 14.3. The minimum Gasteiger partial charge on any atom is -0.406 e. The Kier molecular flexibility index (Phi) is 6.27. The van der Waals surface area contributed by atoms with Crippen LogP contribution in [0, 0.1) is 0 Å². The summed E-state index contributed by atoms with van der Waals surface area (Å²) in [5, 5.41) is 9.79. The van der Waals surface area contributed by atoms with Crippen molar-refractivity contribution in [3.63, 3.8) is 0 Å². The minimum absolute atomic E-state index is 0.00886. The molecule has 0 saturated carbocycles. The van der Waals surface area contributed by atoms with Crippen LogP contribution in [0.25, 0.3) is 0 Å². The smallest absolute Gasteiger partial charge is 0.322 e. The largest absolute Gasteiger partial charge is 0.406 e. The molecule has 1 saturated heterocycles. The van der Waals surface area contributed by atoms with Gasteiger partial charge in [0.15, 0.2) is 0 Å². The zero-order valence-electron chi connectivity index (χ0n) is 16.5. The summed E-state index contributed by atoms with van der Waals surface area (Å²) < 4.78 is 31.6. The molecule has 1 N–H and O–H groups in total. The first kappa shape index (κ1) is 21.6. The predicted molar refractivity (Wildman–Crippen MR) is 104 cm³/mol. The molecule has 0 bridgehead atoms. The first-order valence-electron chi connectivity index (χ1n) is 9.33. The van der Waals surface area contributed by atoms with Gasteiger partial charge in [-0.1, -0.05) is 18.9 Å². The highest BCUT2D eigenvalue weighted by atomic mass is 32.2. The molecule has 2 heterocycles. The molecule has 30 heavy (non-hydrogen) atoms. The number of rotatable bonds is 8. The van der Waals surface area contributed by atoms with Gasteiger partial charge in [-0.05, 0) is 24.3 Å². The van der Waals surface area contributed by atoms with Gasteiger partial charge in [0.1, 0.15) is 6.54 Å². The van der Waals surface area contributed by atoms with Crippen molar-refractivity contribution in [1.29, 1.82) is 0 Å². The molecule has 2 aromatic rings. The van der Waals surface area contributed by atoms with Gasteiger partial charge in [-0.3, -0.25) is 24.6 Å². The molecule has 0 atom stereocenters. The average Bonchev–Trinajstić information content (AvgIpc) is 3.30. The quantitative estimate of drug-likeness (QED) is 0.605. The fourth-order valence-electron chi connectivity index (χ4n) is 2.96. The van der Waals surface area contributed by atoms with Crippen LogP contribution >= 0.6 is 0 Å². The number of aromatic nitrogens is 2. The van der Waals surface area contributed by atoms with E-state index in [0.29, 0.717) is 13.1 Å². The number of amides is 3. The fourth-order valence-corrected chi connectivity index (χ4v) is 4.42. The van der Waals surface area contributed by atoms with Crippen molar-refractivity contribution in [2.45, 2.75) is 38.1 Å². The molecule has 3 amide bonds. The topological polar surface area (TPSA) is 143 Å². The highest BCUT2D eigenvalue weighted by molar-refractivity contribution is 7.89. The maximum atomic E-state index is 12.5. The summed E-state index contributed by atoms with van der Waals surface area (Å²) in [6.45, 7) is 4.02. The second-order valence-corrected chi connectivity index (χ2v) is 8.38. The summed E-state index contributed by atoms with van der Waals surface area (Å²) >= 11 is 0. The van der Waals surface area contributed by atoms with E-state index in [1.165, 1.54) is 28.6 Å². The number of likely N-dealkylation sites (tertiary alicyclic amines) is 1. The fraction of sp³-hybridized carbons (Fsp3) is 0.389. The van der Waals surface area contributed by atoms with Crippen LogP contribution in [-0.4, -0.2) is 58.6 Å². The third kappa shape index (κ3) is 4.39. The third-order valence-electron chi connectivity index (χ3n) is 4.60. The Morgan fingerprint density at radius 3 is 2.27 bits per heavy atom. The van der Waals surface area contributed by atoms with Gasteiger partial charge in [0.2, 0.25) is 27.7 Å². The van der Waals surface area contributed by atoms with Gasteiger partial charge >= 0.3 is 6.01 Å². The molecule has 0 aliphatic carbocycles. The zero-order chi connectivity index (χ0) is 21.9. The molecular formula is C18H21N5O6S. The van der Waals surface area contributed by atoms with Crippen molar-refractivity contribution in [1.82, 2.24) is 19.4 Å². The monoisotopic (exact) mass is 435 g/mol. The zero-order valence-corrected chi connectivity index (χ0v) is 17.3. The molecule has 1 fully saturated rings. The number of benzene rings is 1. The summed E-state index contributed by atoms with van der Waals surface area (Å²) in [6, 6.07) is 5.27. The SMILES string of the molecule is CCN(CC)S(=O)(=O)c1ccc(C(=O)Nc2nnc(CN3C(=O)CCC3=O)o2)cc1. The first-order valence-corrected chi connectivity index (χ1v) is 10.8. The van der Waals surface area contributed by atoms with Crippen LogP contribution < -0.4 is 5.32 Å². The van der Waals surface area contributed by atoms with Crippen LogP contribution in [0.1, 0.15) is 42.9 Å². The molecule has 0 spiro atoms. The number of imide groups is 1. The molecule has 0 unspecified atom stereocenters. The van der Waals surface area contributed by atoms with Crippen LogP contribution in [0.3, 0.4) is 0 Å². The number of hydrogen-bond donors (Lipinski definition) is 1. The third-order valence-corrected chi connectivity index (χ3v) is 6.66.